The van der Waals surface area contributed by atoms with Gasteiger partial charge < -0.3 is 0 Å². The molecule has 0 N–H and O–H groups in total. The summed E-state index contributed by atoms with van der Waals surface area (Å²) in [5, 5.41) is 0. The molecule has 0 aromatic heterocycles. The molecule has 0 aliphatic heterocycles. The van der Waals surface area contributed by atoms with Crippen LogP contribution in [0.25, 0.3) is 0 Å². The van der Waals surface area contributed by atoms with Crippen LogP contribution in [0.5, 0.6) is 0 Å². The Balaban J connectivity index is -0.0000000200. The first kappa shape index (κ1) is 15.7. The van der Waals surface area contributed by atoms with E-state index in [1.807, 2.05) is 0 Å². The van der Waals surface area contributed by atoms with Gasteiger partial charge in [0.1, 0.15) is 17.9 Å². The molecule has 0 bridgehead atoms. The minimum atomic E-state index is 0. The zero-order chi connectivity index (χ0) is 2.71. The molecule has 0 aliphatic rings. The monoisotopic (exact) mass is 192 g/mol. The average molecular weight is 193 g/mol. The Morgan fingerprint density at radius 1 is 1.60 bits per heavy atom. The van der Waals surface area contributed by atoms with Crippen molar-refractivity contribution >= 4 is 47.5 Å². The minimum Gasteiger partial charge on any atom is 0 e. The first-order valence-electron chi connectivity index (χ1n) is 0.630. The van der Waals surface area contributed by atoms with Crippen LogP contribution in [0.3, 0.4) is 0 Å². The van der Waals surface area contributed by atoms with E-state index in [0.29, 0.717) is 8.01 Å². The summed E-state index contributed by atoms with van der Waals surface area (Å²) in [4.78, 5) is 0. The molecule has 0 amide bonds. The summed E-state index contributed by atoms with van der Waals surface area (Å²) >= 11 is 0. The summed E-state index contributed by atoms with van der Waals surface area (Å²) in [6, 6.07) is 0. The molecular formula is H4NaOPSiZr. The Morgan fingerprint density at radius 2 is 1.60 bits per heavy atom. The molecule has 0 aromatic rings. The van der Waals surface area contributed by atoms with Crippen molar-refractivity contribution in [1.29, 1.82) is 0 Å². The summed E-state index contributed by atoms with van der Waals surface area (Å²) < 4.78 is 8.96. The molecule has 5 heteroatoms. The molecule has 0 aromatic carbocycles. The standard InChI is InChI=1S/Na.H3OPSi.Zr.H/c;1-2-3;;/h;3H3;;. The van der Waals surface area contributed by atoms with Crippen LogP contribution in [0, 0.1) is 0 Å². The molecule has 0 unspecified atom stereocenters. The molecule has 0 heterocycles. The largest absolute Gasteiger partial charge is 0 e. The van der Waals surface area contributed by atoms with Gasteiger partial charge in [-0.15, -0.1) is 0 Å². The quantitative estimate of drug-likeness (QED) is 0.353. The number of hydrogen-bond acceptors (Lipinski definition) is 1. The fourth-order valence-corrected chi connectivity index (χ4v) is 0. The van der Waals surface area contributed by atoms with Crippen LogP contribution in [0.4, 0.5) is 0 Å². The van der Waals surface area contributed by atoms with Crippen LogP contribution in [-0.2, 0) is 30.8 Å². The van der Waals surface area contributed by atoms with Gasteiger partial charge in [0, 0.05) is 26.2 Å². The van der Waals surface area contributed by atoms with Crippen LogP contribution in [0.2, 0.25) is 0 Å². The third-order valence-electron chi connectivity index (χ3n) is 0. The zero-order valence-corrected chi connectivity index (χ0v) is 7.71. The molecule has 1 nitrogen and oxygen atoms in total. The van der Waals surface area contributed by atoms with Gasteiger partial charge in [0.15, 0.2) is 0 Å². The van der Waals surface area contributed by atoms with Crippen LogP contribution in [0.1, 0.15) is 0 Å². The molecule has 0 radical (unpaired) electrons. The molecule has 0 fully saturated rings. The van der Waals surface area contributed by atoms with E-state index in [9.17, 15) is 0 Å². The van der Waals surface area contributed by atoms with Gasteiger partial charge in [-0.2, -0.15) is 0 Å². The molecule has 5 heavy (non-hydrogen) atoms. The van der Waals surface area contributed by atoms with E-state index >= 15 is 0 Å². The van der Waals surface area contributed by atoms with Crippen LogP contribution >= 0.6 is 8.01 Å². The van der Waals surface area contributed by atoms with Gasteiger partial charge in [-0.25, -0.2) is 0 Å². The molecule has 0 spiro atoms. The topological polar surface area (TPSA) is 17.1 Å². The summed E-state index contributed by atoms with van der Waals surface area (Å²) in [6.07, 6.45) is 0. The average Bonchev–Trinajstić information content (AvgIpc) is 0.918. The smallest absolute Gasteiger partial charge is 0 e. The predicted molar refractivity (Wildman–Crippen MR) is 24.7 cm³/mol. The van der Waals surface area contributed by atoms with Gasteiger partial charge >= 0.3 is 29.6 Å². The van der Waals surface area contributed by atoms with Gasteiger partial charge in [-0.05, 0) is 0 Å². The summed E-state index contributed by atoms with van der Waals surface area (Å²) in [7, 11) is 1.09. The Morgan fingerprint density at radius 3 is 1.60 bits per heavy atom. The second-order valence-electron chi connectivity index (χ2n) is 0.183. The van der Waals surface area contributed by atoms with E-state index in [1.54, 1.807) is 0 Å². The third-order valence-corrected chi connectivity index (χ3v) is 0. The molecule has 0 saturated heterocycles. The first-order chi connectivity index (χ1) is 1.41. The molecular weight excluding hydrogens is 189 g/mol. The van der Waals surface area contributed by atoms with E-state index in [4.69, 9.17) is 4.57 Å². The molecule has 0 rings (SSSR count). The first-order valence-corrected chi connectivity index (χ1v) is 4.57. The third kappa shape index (κ3) is 22.6. The fraction of sp³-hybridized carbons (Fsp3) is 0. The second kappa shape index (κ2) is 16.4. The van der Waals surface area contributed by atoms with Crippen molar-refractivity contribution in [2.45, 2.75) is 0 Å². The number of rotatable bonds is 0. The van der Waals surface area contributed by atoms with E-state index in [-0.39, 0.29) is 55.8 Å². The maximum Gasteiger partial charge on any atom is 0 e. The van der Waals surface area contributed by atoms with Crippen molar-refractivity contribution < 1.29 is 30.8 Å². The van der Waals surface area contributed by atoms with Crippen molar-refractivity contribution in [1.82, 2.24) is 0 Å². The van der Waals surface area contributed by atoms with Crippen molar-refractivity contribution in [3.8, 4) is 0 Å². The van der Waals surface area contributed by atoms with Crippen molar-refractivity contribution in [3.05, 3.63) is 0 Å². The molecule has 0 aliphatic carbocycles. The van der Waals surface area contributed by atoms with Crippen molar-refractivity contribution in [2.24, 2.45) is 0 Å². The SMILES string of the molecule is O=P[SiH3].[NaH].[Zr]. The van der Waals surface area contributed by atoms with Crippen LogP contribution < -0.4 is 0 Å². The Hall–Kier alpha value is 2.20. The van der Waals surface area contributed by atoms with E-state index in [1.165, 1.54) is 0 Å². The fourth-order valence-electron chi connectivity index (χ4n) is 0. The Labute approximate surface area is 77.2 Å². The normalized spacial score (nSPS) is 4.80. The predicted octanol–water partition coefficient (Wildman–Crippen LogP) is -1.09. The Kier molecular flexibility index (Phi) is 51.4. The maximum atomic E-state index is 8.96. The maximum absolute atomic E-state index is 8.96. The summed E-state index contributed by atoms with van der Waals surface area (Å²) in [6.45, 7) is 0. The van der Waals surface area contributed by atoms with Crippen LogP contribution in [-0.4, -0.2) is 39.5 Å². The van der Waals surface area contributed by atoms with Gasteiger partial charge in [0.05, 0.1) is 0 Å². The molecule has 0 atom stereocenters. The van der Waals surface area contributed by atoms with E-state index < -0.39 is 0 Å². The Bertz CT molecular complexity index is 19.1. The second-order valence-corrected chi connectivity index (χ2v) is 1.64. The van der Waals surface area contributed by atoms with Gasteiger partial charge in [-0.3, -0.25) is 4.57 Å². The van der Waals surface area contributed by atoms with Gasteiger partial charge in [-0.1, -0.05) is 0 Å². The minimum absolute atomic E-state index is 0. The number of hydrogen-bond donors (Lipinski definition) is 0. The van der Waals surface area contributed by atoms with Gasteiger partial charge in [0.25, 0.3) is 0 Å². The van der Waals surface area contributed by atoms with Crippen LogP contribution in [0.15, 0.2) is 0 Å². The summed E-state index contributed by atoms with van der Waals surface area (Å²) in [5.74, 6) is 0. The zero-order valence-electron chi connectivity index (χ0n) is 2.36. The van der Waals surface area contributed by atoms with Gasteiger partial charge in [0.2, 0.25) is 0 Å². The molecule has 24 valence electrons. The van der Waals surface area contributed by atoms with Crippen molar-refractivity contribution in [2.75, 3.05) is 0 Å². The van der Waals surface area contributed by atoms with E-state index in [0.717, 1.165) is 9.91 Å². The summed E-state index contributed by atoms with van der Waals surface area (Å²) in [5.41, 5.74) is 0. The van der Waals surface area contributed by atoms with E-state index in [2.05, 4.69) is 0 Å². The van der Waals surface area contributed by atoms with Crippen molar-refractivity contribution in [3.63, 3.8) is 0 Å². The molecule has 0 saturated carbocycles.